The van der Waals surface area contributed by atoms with Gasteiger partial charge < -0.3 is 14.7 Å². The first-order valence-corrected chi connectivity index (χ1v) is 10.9. The number of amidine groups is 1. The van der Waals surface area contributed by atoms with Crippen LogP contribution in [0.3, 0.4) is 0 Å². The smallest absolute Gasteiger partial charge is 0.169 e. The first-order chi connectivity index (χ1) is 15.0. The van der Waals surface area contributed by atoms with Crippen LogP contribution in [-0.4, -0.2) is 35.4 Å². The first-order valence-electron chi connectivity index (χ1n) is 10.1. The quantitative estimate of drug-likeness (QED) is 0.276. The number of ether oxygens (including phenoxy) is 1. The number of hydrogen-bond acceptors (Lipinski definition) is 4. The van der Waals surface area contributed by atoms with Gasteiger partial charge in [0.15, 0.2) is 5.17 Å². The third-order valence-corrected chi connectivity index (χ3v) is 5.93. The zero-order chi connectivity index (χ0) is 22.2. The van der Waals surface area contributed by atoms with Gasteiger partial charge in [-0.05, 0) is 55.3 Å². The largest absolute Gasteiger partial charge is 0.508 e. The van der Waals surface area contributed by atoms with Gasteiger partial charge in [0.05, 0.1) is 6.61 Å². The number of nitrogens with zero attached hydrogens (tertiary/aromatic N) is 2. The molecule has 3 rings (SSSR count). The van der Waals surface area contributed by atoms with Gasteiger partial charge in [-0.3, -0.25) is 0 Å². The Hall–Kier alpha value is -2.83. The van der Waals surface area contributed by atoms with E-state index < -0.39 is 0 Å². The minimum absolute atomic E-state index is 0.207. The predicted molar refractivity (Wildman–Crippen MR) is 126 cm³/mol. The van der Waals surface area contributed by atoms with Crippen molar-refractivity contribution in [3.05, 3.63) is 89.2 Å². The minimum atomic E-state index is -0.370. The van der Waals surface area contributed by atoms with Crippen LogP contribution in [0, 0.1) is 19.7 Å². The third kappa shape index (κ3) is 6.57. The topological polar surface area (TPSA) is 45.1 Å². The molecule has 0 radical (unpaired) electrons. The average molecular weight is 439 g/mol. The standard InChI is InChI=1S/C25H27FN2O2S/c1-18-11-12-24(19(2)15-18)31-25(27-23-10-5-4-9-22(23)26)28(13-14-30-3)17-20-7-6-8-21(29)16-20/h4-12,15-16,29H,13-14,17H2,1-3H3. The van der Waals surface area contributed by atoms with Crippen LogP contribution in [-0.2, 0) is 11.3 Å². The van der Waals surface area contributed by atoms with Crippen LogP contribution in [0.2, 0.25) is 0 Å². The molecule has 0 fully saturated rings. The predicted octanol–water partition coefficient (Wildman–Crippen LogP) is 6.08. The van der Waals surface area contributed by atoms with Crippen molar-refractivity contribution in [3.8, 4) is 5.75 Å². The average Bonchev–Trinajstić information content (AvgIpc) is 2.74. The van der Waals surface area contributed by atoms with Crippen molar-refractivity contribution in [2.75, 3.05) is 20.3 Å². The number of phenolic OH excluding ortho intramolecular Hbond substituents is 1. The van der Waals surface area contributed by atoms with Gasteiger partial charge in [0, 0.05) is 25.1 Å². The van der Waals surface area contributed by atoms with Crippen LogP contribution < -0.4 is 0 Å². The molecule has 0 spiro atoms. The van der Waals surface area contributed by atoms with Crippen molar-refractivity contribution in [1.82, 2.24) is 4.90 Å². The molecule has 3 aromatic carbocycles. The van der Waals surface area contributed by atoms with Crippen molar-refractivity contribution in [1.29, 1.82) is 0 Å². The lowest BCUT2D eigenvalue weighted by Gasteiger charge is -2.26. The summed E-state index contributed by atoms with van der Waals surface area (Å²) >= 11 is 1.50. The lowest BCUT2D eigenvalue weighted by Crippen LogP contribution is -2.31. The summed E-state index contributed by atoms with van der Waals surface area (Å²) in [6, 6.07) is 19.9. The number of aliphatic imine (C=N–C) groups is 1. The molecule has 0 aliphatic carbocycles. The van der Waals surface area contributed by atoms with E-state index >= 15 is 0 Å². The van der Waals surface area contributed by atoms with Crippen LogP contribution in [0.15, 0.2) is 76.6 Å². The fourth-order valence-corrected chi connectivity index (χ4v) is 4.12. The summed E-state index contributed by atoms with van der Waals surface area (Å²) in [6.45, 7) is 5.68. The van der Waals surface area contributed by atoms with E-state index in [1.807, 2.05) is 12.1 Å². The van der Waals surface area contributed by atoms with E-state index in [4.69, 9.17) is 9.73 Å². The molecule has 3 aromatic rings. The highest BCUT2D eigenvalue weighted by molar-refractivity contribution is 8.13. The SMILES string of the molecule is COCCN(Cc1cccc(O)c1)C(=Nc1ccccc1F)Sc1ccc(C)cc1C. The molecule has 4 nitrogen and oxygen atoms in total. The van der Waals surface area contributed by atoms with Crippen LogP contribution >= 0.6 is 11.8 Å². The van der Waals surface area contributed by atoms with E-state index in [0.717, 1.165) is 16.0 Å². The Morgan fingerprint density at radius 3 is 2.58 bits per heavy atom. The van der Waals surface area contributed by atoms with Gasteiger partial charge in [-0.1, -0.05) is 53.7 Å². The third-order valence-electron chi connectivity index (χ3n) is 4.72. The summed E-state index contributed by atoms with van der Waals surface area (Å²) in [5.41, 5.74) is 3.53. The van der Waals surface area contributed by atoms with E-state index in [2.05, 4.69) is 36.9 Å². The van der Waals surface area contributed by atoms with Gasteiger partial charge >= 0.3 is 0 Å². The minimum Gasteiger partial charge on any atom is -0.508 e. The number of rotatable bonds is 7. The molecule has 0 aliphatic heterocycles. The Kier molecular flexibility index (Phi) is 8.09. The van der Waals surface area contributed by atoms with E-state index in [0.29, 0.717) is 24.9 Å². The second kappa shape index (κ2) is 11.0. The number of benzene rings is 3. The van der Waals surface area contributed by atoms with Crippen molar-refractivity contribution >= 4 is 22.6 Å². The molecule has 0 amide bonds. The summed E-state index contributed by atoms with van der Waals surface area (Å²) in [4.78, 5) is 7.81. The number of halogens is 1. The first kappa shape index (κ1) is 22.8. The maximum atomic E-state index is 14.4. The monoisotopic (exact) mass is 438 g/mol. The highest BCUT2D eigenvalue weighted by Gasteiger charge is 2.17. The number of hydrogen-bond donors (Lipinski definition) is 1. The maximum Gasteiger partial charge on any atom is 0.169 e. The summed E-state index contributed by atoms with van der Waals surface area (Å²) in [7, 11) is 1.65. The molecule has 0 atom stereocenters. The highest BCUT2D eigenvalue weighted by atomic mass is 32.2. The van der Waals surface area contributed by atoms with Crippen LogP contribution in [0.1, 0.15) is 16.7 Å². The molecule has 0 heterocycles. The molecule has 1 N–H and O–H groups in total. The van der Waals surface area contributed by atoms with Crippen molar-refractivity contribution in [2.45, 2.75) is 25.3 Å². The Bertz CT molecular complexity index is 1060. The normalized spacial score (nSPS) is 11.5. The second-order valence-electron chi connectivity index (χ2n) is 7.30. The van der Waals surface area contributed by atoms with E-state index in [1.54, 1.807) is 37.4 Å². The summed E-state index contributed by atoms with van der Waals surface area (Å²) in [6.07, 6.45) is 0. The van der Waals surface area contributed by atoms with E-state index in [9.17, 15) is 9.50 Å². The Morgan fingerprint density at radius 2 is 1.87 bits per heavy atom. The molecular weight excluding hydrogens is 411 g/mol. The number of aryl methyl sites for hydroxylation is 2. The highest BCUT2D eigenvalue weighted by Crippen LogP contribution is 2.30. The number of aromatic hydroxyl groups is 1. The molecule has 0 aromatic heterocycles. The lowest BCUT2D eigenvalue weighted by atomic mass is 10.2. The van der Waals surface area contributed by atoms with Gasteiger partial charge in [-0.2, -0.15) is 0 Å². The Balaban J connectivity index is 2.02. The summed E-state index contributed by atoms with van der Waals surface area (Å²) < 4.78 is 19.7. The Labute approximate surface area is 187 Å². The maximum absolute atomic E-state index is 14.4. The molecule has 6 heteroatoms. The fraction of sp³-hybridized carbons (Fsp3) is 0.240. The second-order valence-corrected chi connectivity index (χ2v) is 8.31. The Morgan fingerprint density at radius 1 is 1.06 bits per heavy atom. The number of phenols is 1. The number of methoxy groups -OCH3 is 1. The number of para-hydroxylation sites is 1. The van der Waals surface area contributed by atoms with Crippen molar-refractivity contribution in [3.63, 3.8) is 0 Å². The van der Waals surface area contributed by atoms with Crippen LogP contribution in [0.4, 0.5) is 10.1 Å². The lowest BCUT2D eigenvalue weighted by molar-refractivity contribution is 0.175. The molecule has 0 saturated heterocycles. The molecule has 0 aliphatic rings. The van der Waals surface area contributed by atoms with Gasteiger partial charge in [-0.25, -0.2) is 9.38 Å². The summed E-state index contributed by atoms with van der Waals surface area (Å²) in [5, 5.41) is 10.5. The molecule has 162 valence electrons. The van der Waals surface area contributed by atoms with Gasteiger partial charge in [-0.15, -0.1) is 0 Å². The molecule has 31 heavy (non-hydrogen) atoms. The van der Waals surface area contributed by atoms with Gasteiger partial charge in [0.1, 0.15) is 17.3 Å². The van der Waals surface area contributed by atoms with Gasteiger partial charge in [0.2, 0.25) is 0 Å². The van der Waals surface area contributed by atoms with Gasteiger partial charge in [0.25, 0.3) is 0 Å². The summed E-state index contributed by atoms with van der Waals surface area (Å²) in [5.74, 6) is -0.163. The fourth-order valence-electron chi connectivity index (χ4n) is 3.13. The van der Waals surface area contributed by atoms with Crippen molar-refractivity contribution in [2.24, 2.45) is 4.99 Å². The molecular formula is C25H27FN2O2S. The molecule has 0 saturated carbocycles. The van der Waals surface area contributed by atoms with Crippen LogP contribution in [0.5, 0.6) is 5.75 Å². The van der Waals surface area contributed by atoms with Crippen molar-refractivity contribution < 1.29 is 14.2 Å². The molecule has 0 unspecified atom stereocenters. The zero-order valence-electron chi connectivity index (χ0n) is 18.0. The molecule has 0 bridgehead atoms. The van der Waals surface area contributed by atoms with Crippen LogP contribution in [0.25, 0.3) is 0 Å². The zero-order valence-corrected chi connectivity index (χ0v) is 18.8. The number of thioether (sulfide) groups is 1. The van der Waals surface area contributed by atoms with E-state index in [1.165, 1.54) is 23.4 Å². The van der Waals surface area contributed by atoms with E-state index in [-0.39, 0.29) is 17.3 Å².